The van der Waals surface area contributed by atoms with Crippen LogP contribution in [0.15, 0.2) is 23.3 Å². The summed E-state index contributed by atoms with van der Waals surface area (Å²) in [4.78, 5) is 9.12. The number of nitrogens with one attached hydrogen (secondary N) is 2. The molecule has 0 aliphatic heterocycles. The molecule has 27 heavy (non-hydrogen) atoms. The summed E-state index contributed by atoms with van der Waals surface area (Å²) in [5, 5.41) is 6.88. The van der Waals surface area contributed by atoms with Crippen molar-refractivity contribution in [3.63, 3.8) is 0 Å². The molecule has 2 fully saturated rings. The van der Waals surface area contributed by atoms with Crippen molar-refractivity contribution < 1.29 is 9.47 Å². The highest BCUT2D eigenvalue weighted by Gasteiger charge is 2.36. The van der Waals surface area contributed by atoms with E-state index in [1.54, 1.807) is 7.11 Å². The second-order valence-corrected chi connectivity index (χ2v) is 7.90. The summed E-state index contributed by atoms with van der Waals surface area (Å²) in [6.07, 6.45) is 9.42. The molecule has 1 heterocycles. The predicted octanol–water partition coefficient (Wildman–Crippen LogP) is 3.13. The van der Waals surface area contributed by atoms with E-state index in [0.29, 0.717) is 17.8 Å². The van der Waals surface area contributed by atoms with Crippen LogP contribution >= 0.6 is 0 Å². The zero-order chi connectivity index (χ0) is 19.0. The van der Waals surface area contributed by atoms with E-state index in [2.05, 4.69) is 22.5 Å². The molecule has 2 N–H and O–H groups in total. The van der Waals surface area contributed by atoms with Gasteiger partial charge in [0.1, 0.15) is 0 Å². The molecule has 1 aromatic rings. The quantitative estimate of drug-likeness (QED) is 0.460. The normalized spacial score (nSPS) is 18.7. The maximum atomic E-state index is 5.69. The van der Waals surface area contributed by atoms with Gasteiger partial charge in [-0.3, -0.25) is 0 Å². The van der Waals surface area contributed by atoms with E-state index in [0.717, 1.165) is 50.2 Å². The molecule has 0 atom stereocenters. The molecule has 0 amide bonds. The van der Waals surface area contributed by atoms with Gasteiger partial charge < -0.3 is 20.1 Å². The van der Waals surface area contributed by atoms with Crippen molar-refractivity contribution in [2.24, 2.45) is 16.3 Å². The second-order valence-electron chi connectivity index (χ2n) is 7.90. The Balaban J connectivity index is 1.48. The summed E-state index contributed by atoms with van der Waals surface area (Å²) in [6.45, 7) is 6.13. The van der Waals surface area contributed by atoms with Crippen LogP contribution in [0.25, 0.3) is 0 Å². The van der Waals surface area contributed by atoms with Crippen molar-refractivity contribution in [3.8, 4) is 5.88 Å². The van der Waals surface area contributed by atoms with Gasteiger partial charge in [-0.1, -0.05) is 12.5 Å². The smallest absolute Gasteiger partial charge is 0.213 e. The monoisotopic (exact) mass is 374 g/mol. The number of hydrogen-bond acceptors (Lipinski definition) is 4. The number of hydrogen-bond donors (Lipinski definition) is 2. The molecule has 1 aromatic heterocycles. The number of aliphatic imine (C=N–C) groups is 1. The number of rotatable bonds is 11. The van der Waals surface area contributed by atoms with Crippen LogP contribution in [0.4, 0.5) is 0 Å². The predicted molar refractivity (Wildman–Crippen MR) is 108 cm³/mol. The van der Waals surface area contributed by atoms with E-state index >= 15 is 0 Å². The highest BCUT2D eigenvalue weighted by molar-refractivity contribution is 5.79. The molecule has 6 nitrogen and oxygen atoms in total. The summed E-state index contributed by atoms with van der Waals surface area (Å²) in [6, 6.07) is 4.00. The van der Waals surface area contributed by atoms with Crippen LogP contribution < -0.4 is 15.4 Å². The minimum absolute atomic E-state index is 0.369. The first-order valence-electron chi connectivity index (χ1n) is 10.3. The molecule has 0 radical (unpaired) electrons. The third kappa shape index (κ3) is 6.38. The number of methoxy groups -OCH3 is 1. The largest absolute Gasteiger partial charge is 0.477 e. The van der Waals surface area contributed by atoms with Crippen LogP contribution in [0.3, 0.4) is 0 Å². The van der Waals surface area contributed by atoms with Gasteiger partial charge in [0, 0.05) is 39.1 Å². The Kier molecular flexibility index (Phi) is 7.33. The molecule has 0 unspecified atom stereocenters. The zero-order valence-electron chi connectivity index (χ0n) is 16.8. The Bertz CT molecular complexity index is 595. The molecular weight excluding hydrogens is 340 g/mol. The molecule has 150 valence electrons. The molecular formula is C21H34N4O2. The molecule has 0 saturated heterocycles. The Morgan fingerprint density at radius 3 is 2.74 bits per heavy atom. The van der Waals surface area contributed by atoms with Crippen LogP contribution in [-0.4, -0.2) is 44.4 Å². The Morgan fingerprint density at radius 1 is 1.30 bits per heavy atom. The third-order valence-corrected chi connectivity index (χ3v) is 5.61. The molecule has 2 aliphatic rings. The molecule has 0 spiro atoms. The number of ether oxygens (including phenoxy) is 2. The van der Waals surface area contributed by atoms with Crippen molar-refractivity contribution in [1.29, 1.82) is 0 Å². The summed E-state index contributed by atoms with van der Waals surface area (Å²) in [7, 11) is 1.78. The summed E-state index contributed by atoms with van der Waals surface area (Å²) in [5.74, 6) is 2.33. The lowest BCUT2D eigenvalue weighted by Crippen LogP contribution is -2.46. The van der Waals surface area contributed by atoms with Gasteiger partial charge in [-0.15, -0.1) is 0 Å². The lowest BCUT2D eigenvalue weighted by molar-refractivity contribution is 0.0732. The van der Waals surface area contributed by atoms with Crippen LogP contribution in [0.1, 0.15) is 51.0 Å². The van der Waals surface area contributed by atoms with Gasteiger partial charge in [0.2, 0.25) is 5.88 Å². The maximum absolute atomic E-state index is 5.69. The van der Waals surface area contributed by atoms with E-state index in [4.69, 9.17) is 14.5 Å². The maximum Gasteiger partial charge on any atom is 0.213 e. The topological polar surface area (TPSA) is 67.8 Å². The average molecular weight is 375 g/mol. The van der Waals surface area contributed by atoms with Crippen molar-refractivity contribution in [1.82, 2.24) is 15.6 Å². The van der Waals surface area contributed by atoms with E-state index in [1.807, 2.05) is 18.3 Å². The second kappa shape index (κ2) is 9.93. The van der Waals surface area contributed by atoms with E-state index < -0.39 is 0 Å². The van der Waals surface area contributed by atoms with Gasteiger partial charge in [-0.05, 0) is 55.9 Å². The van der Waals surface area contributed by atoms with Gasteiger partial charge in [0.15, 0.2) is 5.96 Å². The van der Waals surface area contributed by atoms with Crippen LogP contribution in [0.5, 0.6) is 5.88 Å². The molecule has 0 aromatic carbocycles. The SMILES string of the molecule is CCNC(=NCc1ccc(OCC2CC2)nc1)NCC1(CCOC)CCC1. The highest BCUT2D eigenvalue weighted by Crippen LogP contribution is 2.43. The van der Waals surface area contributed by atoms with Crippen molar-refractivity contribution in [2.45, 2.75) is 52.0 Å². The standard InChI is InChI=1S/C21H34N4O2/c1-3-22-20(25-16-21(9-4-10-21)11-12-26-2)24-14-18-7-8-19(23-13-18)27-15-17-5-6-17/h7-8,13,17H,3-6,9-12,14-16H2,1-2H3,(H2,22,24,25). The Morgan fingerprint density at radius 2 is 2.15 bits per heavy atom. The van der Waals surface area contributed by atoms with Crippen LogP contribution in [0.2, 0.25) is 0 Å². The van der Waals surface area contributed by atoms with Gasteiger partial charge in [0.25, 0.3) is 0 Å². The van der Waals surface area contributed by atoms with Crippen molar-refractivity contribution in [2.75, 3.05) is 33.4 Å². The lowest BCUT2D eigenvalue weighted by atomic mass is 9.67. The fraction of sp³-hybridized carbons (Fsp3) is 0.714. The number of nitrogens with zero attached hydrogens (tertiary/aromatic N) is 2. The Hall–Kier alpha value is -1.82. The Labute approximate surface area is 163 Å². The fourth-order valence-corrected chi connectivity index (χ4v) is 3.37. The van der Waals surface area contributed by atoms with Gasteiger partial charge >= 0.3 is 0 Å². The molecule has 2 saturated carbocycles. The van der Waals surface area contributed by atoms with Gasteiger partial charge in [-0.25, -0.2) is 9.98 Å². The molecule has 0 bridgehead atoms. The summed E-state index contributed by atoms with van der Waals surface area (Å²) < 4.78 is 11.0. The number of aromatic nitrogens is 1. The van der Waals surface area contributed by atoms with Gasteiger partial charge in [-0.2, -0.15) is 0 Å². The number of guanidine groups is 1. The first kappa shape index (κ1) is 19.9. The third-order valence-electron chi connectivity index (χ3n) is 5.61. The van der Waals surface area contributed by atoms with Gasteiger partial charge in [0.05, 0.1) is 13.2 Å². The highest BCUT2D eigenvalue weighted by atomic mass is 16.5. The van der Waals surface area contributed by atoms with Crippen molar-refractivity contribution in [3.05, 3.63) is 23.9 Å². The minimum Gasteiger partial charge on any atom is -0.477 e. The molecule has 2 aliphatic carbocycles. The minimum atomic E-state index is 0.369. The molecule has 3 rings (SSSR count). The number of pyridine rings is 1. The first-order valence-corrected chi connectivity index (χ1v) is 10.3. The lowest BCUT2D eigenvalue weighted by Gasteiger charge is -2.42. The zero-order valence-corrected chi connectivity index (χ0v) is 16.8. The fourth-order valence-electron chi connectivity index (χ4n) is 3.37. The average Bonchev–Trinajstić information content (AvgIpc) is 3.48. The van der Waals surface area contributed by atoms with Crippen LogP contribution in [0, 0.1) is 11.3 Å². The summed E-state index contributed by atoms with van der Waals surface area (Å²) >= 11 is 0. The molecule has 6 heteroatoms. The van der Waals surface area contributed by atoms with Crippen molar-refractivity contribution >= 4 is 5.96 Å². The first-order chi connectivity index (χ1) is 13.2. The van der Waals surface area contributed by atoms with E-state index in [1.165, 1.54) is 32.1 Å². The van der Waals surface area contributed by atoms with E-state index in [9.17, 15) is 0 Å². The van der Waals surface area contributed by atoms with E-state index in [-0.39, 0.29) is 0 Å². The van der Waals surface area contributed by atoms with Crippen LogP contribution in [-0.2, 0) is 11.3 Å². The summed E-state index contributed by atoms with van der Waals surface area (Å²) in [5.41, 5.74) is 1.46.